The van der Waals surface area contributed by atoms with E-state index in [1.165, 1.54) is 23.3 Å². The van der Waals surface area contributed by atoms with Crippen molar-refractivity contribution in [3.8, 4) is 22.4 Å². The number of fused-ring (bicyclic) bond motifs is 7. The Morgan fingerprint density at radius 3 is 2.06 bits per heavy atom. The maximum Gasteiger partial charge on any atom is 0.159 e. The summed E-state index contributed by atoms with van der Waals surface area (Å²) in [6, 6.07) is 19.7. The third-order valence-electron chi connectivity index (χ3n) is 7.09. The van der Waals surface area contributed by atoms with Gasteiger partial charge in [0.1, 0.15) is 0 Å². The van der Waals surface area contributed by atoms with E-state index in [4.69, 9.17) is 4.98 Å². The van der Waals surface area contributed by atoms with E-state index in [1.54, 1.807) is 0 Å². The molecule has 33 heavy (non-hydrogen) atoms. The maximum atomic E-state index is 14.1. The summed E-state index contributed by atoms with van der Waals surface area (Å²) in [7, 11) is 0. The van der Waals surface area contributed by atoms with Crippen molar-refractivity contribution in [3.63, 3.8) is 0 Å². The summed E-state index contributed by atoms with van der Waals surface area (Å²) in [4.78, 5) is 4.74. The van der Waals surface area contributed by atoms with Crippen LogP contribution in [0.4, 0.5) is 8.78 Å². The van der Waals surface area contributed by atoms with Gasteiger partial charge in [0, 0.05) is 22.6 Å². The minimum atomic E-state index is -0.805. The fourth-order valence-corrected chi connectivity index (χ4v) is 5.73. The Morgan fingerprint density at radius 1 is 0.667 bits per heavy atom. The van der Waals surface area contributed by atoms with E-state index in [2.05, 4.69) is 76.2 Å². The highest BCUT2D eigenvalue weighted by Gasteiger charge is 2.38. The largest absolute Gasteiger partial charge is 0.256 e. The Labute approximate surface area is 191 Å². The quantitative estimate of drug-likeness (QED) is 0.242. The molecule has 3 heteroatoms. The molecule has 1 aromatic heterocycles. The molecule has 0 spiro atoms. The molecule has 1 nitrogen and oxygen atoms in total. The summed E-state index contributed by atoms with van der Waals surface area (Å²) in [6.45, 7) is 8.38. The molecule has 0 bridgehead atoms. The summed E-state index contributed by atoms with van der Waals surface area (Å²) >= 11 is 0. The zero-order chi connectivity index (χ0) is 23.1. The van der Waals surface area contributed by atoms with Crippen molar-refractivity contribution in [3.05, 3.63) is 101 Å². The minimum absolute atomic E-state index is 0.435. The van der Waals surface area contributed by atoms with Crippen LogP contribution in [-0.2, 0) is 5.41 Å². The molecule has 4 aromatic carbocycles. The topological polar surface area (TPSA) is 12.9 Å². The smallest absolute Gasteiger partial charge is 0.159 e. The molecule has 0 unspecified atom stereocenters. The maximum absolute atomic E-state index is 14.1. The normalized spacial score (nSPS) is 14.0. The first-order chi connectivity index (χ1) is 15.8. The molecule has 162 valence electrons. The van der Waals surface area contributed by atoms with Crippen LogP contribution in [0.2, 0.25) is 0 Å². The van der Waals surface area contributed by atoms with E-state index < -0.39 is 17.0 Å². The van der Waals surface area contributed by atoms with Crippen molar-refractivity contribution in [1.29, 1.82) is 0 Å². The Morgan fingerprint density at radius 2 is 1.30 bits per heavy atom. The first kappa shape index (κ1) is 20.0. The van der Waals surface area contributed by atoms with Gasteiger partial charge in [-0.15, -0.1) is 0 Å². The highest BCUT2D eigenvalue weighted by Crippen LogP contribution is 2.52. The number of hydrogen-bond acceptors (Lipinski definition) is 1. The summed E-state index contributed by atoms with van der Waals surface area (Å²) in [5.74, 6) is -1.60. The number of nitrogens with zero attached hydrogens (tertiary/aromatic N) is 1. The van der Waals surface area contributed by atoms with Gasteiger partial charge in [0.15, 0.2) is 11.6 Å². The summed E-state index contributed by atoms with van der Waals surface area (Å²) in [6.07, 6.45) is 1.87. The fraction of sp³-hybridized carbons (Fsp3) is 0.167. The molecular weight excluding hydrogens is 412 g/mol. The van der Waals surface area contributed by atoms with Crippen LogP contribution in [0.25, 0.3) is 43.9 Å². The number of pyridine rings is 1. The molecule has 1 aliphatic carbocycles. The molecule has 6 rings (SSSR count). The zero-order valence-corrected chi connectivity index (χ0v) is 19.1. The van der Waals surface area contributed by atoms with Crippen LogP contribution in [0, 0.1) is 25.5 Å². The van der Waals surface area contributed by atoms with E-state index >= 15 is 0 Å². The lowest BCUT2D eigenvalue weighted by atomic mass is 9.79. The monoisotopic (exact) mass is 435 g/mol. The van der Waals surface area contributed by atoms with E-state index in [0.29, 0.717) is 0 Å². The van der Waals surface area contributed by atoms with Crippen molar-refractivity contribution >= 4 is 21.5 Å². The first-order valence-electron chi connectivity index (χ1n) is 11.2. The molecule has 0 saturated carbocycles. The molecule has 0 saturated heterocycles. The highest BCUT2D eigenvalue weighted by atomic mass is 19.2. The average molecular weight is 436 g/mol. The van der Waals surface area contributed by atoms with E-state index in [0.717, 1.165) is 55.1 Å². The molecular formula is C30H23F2N. The number of benzene rings is 4. The van der Waals surface area contributed by atoms with Crippen LogP contribution in [0.3, 0.4) is 0 Å². The zero-order valence-electron chi connectivity index (χ0n) is 19.1. The van der Waals surface area contributed by atoms with Crippen molar-refractivity contribution in [1.82, 2.24) is 4.98 Å². The van der Waals surface area contributed by atoms with Gasteiger partial charge in [-0.05, 0) is 82.6 Å². The van der Waals surface area contributed by atoms with Gasteiger partial charge in [-0.1, -0.05) is 55.3 Å². The summed E-state index contributed by atoms with van der Waals surface area (Å²) < 4.78 is 28.3. The van der Waals surface area contributed by atoms with Crippen LogP contribution in [0.15, 0.2) is 66.9 Å². The number of aryl methyl sites for hydroxylation is 2. The Bertz CT molecular complexity index is 1610. The second-order valence-electron chi connectivity index (χ2n) is 9.72. The fourth-order valence-electron chi connectivity index (χ4n) is 5.73. The lowest BCUT2D eigenvalue weighted by molar-refractivity contribution is 0.504. The molecule has 0 amide bonds. The summed E-state index contributed by atoms with van der Waals surface area (Å²) in [5, 5.41) is 4.46. The van der Waals surface area contributed by atoms with Crippen LogP contribution in [0.5, 0.6) is 0 Å². The lowest BCUT2D eigenvalue weighted by Crippen LogP contribution is -2.16. The Hall–Kier alpha value is -3.59. The van der Waals surface area contributed by atoms with Gasteiger partial charge in [-0.25, -0.2) is 8.78 Å². The molecule has 0 N–H and O–H groups in total. The first-order valence-corrected chi connectivity index (χ1v) is 11.2. The number of halogens is 2. The number of hydrogen-bond donors (Lipinski definition) is 0. The average Bonchev–Trinajstić information content (AvgIpc) is 2.99. The number of aromatic nitrogens is 1. The van der Waals surface area contributed by atoms with Crippen molar-refractivity contribution in [2.45, 2.75) is 33.1 Å². The van der Waals surface area contributed by atoms with Crippen LogP contribution in [0.1, 0.15) is 36.1 Å². The van der Waals surface area contributed by atoms with Crippen molar-refractivity contribution < 1.29 is 8.78 Å². The number of rotatable bonds is 1. The molecule has 5 aromatic rings. The Balaban J connectivity index is 1.66. The van der Waals surface area contributed by atoms with Gasteiger partial charge in [0.2, 0.25) is 0 Å². The van der Waals surface area contributed by atoms with Crippen LogP contribution in [-0.4, -0.2) is 4.98 Å². The van der Waals surface area contributed by atoms with E-state index in [1.807, 2.05) is 6.20 Å². The molecule has 0 aliphatic heterocycles. The SMILES string of the molecule is Cc1cc(C)cc(-c2nccc3c2ccc2c4c(ccc23)-c2cc(F)c(F)cc2C4(C)C)c1. The molecule has 1 aliphatic rings. The summed E-state index contributed by atoms with van der Waals surface area (Å²) in [5.41, 5.74) is 7.76. The van der Waals surface area contributed by atoms with Crippen molar-refractivity contribution in [2.75, 3.05) is 0 Å². The van der Waals surface area contributed by atoms with Gasteiger partial charge in [-0.3, -0.25) is 4.98 Å². The second-order valence-corrected chi connectivity index (χ2v) is 9.72. The van der Waals surface area contributed by atoms with Crippen LogP contribution >= 0.6 is 0 Å². The van der Waals surface area contributed by atoms with Gasteiger partial charge < -0.3 is 0 Å². The predicted molar refractivity (Wildman–Crippen MR) is 132 cm³/mol. The molecule has 1 heterocycles. The highest BCUT2D eigenvalue weighted by molar-refractivity contribution is 6.14. The Kier molecular flexibility index (Phi) is 4.08. The molecule has 0 atom stereocenters. The lowest BCUT2D eigenvalue weighted by Gasteiger charge is -2.23. The van der Waals surface area contributed by atoms with Gasteiger partial charge in [0.05, 0.1) is 5.69 Å². The molecule has 0 radical (unpaired) electrons. The minimum Gasteiger partial charge on any atom is -0.256 e. The second kappa shape index (κ2) is 6.71. The third-order valence-corrected chi connectivity index (χ3v) is 7.09. The standard InChI is InChI=1S/C30H23F2N/c1-16-11-17(2)13-18(12-16)29-23-8-7-21-19(20(23)9-10-33-29)5-6-22-24-14-26(31)27(32)15-25(24)30(3,4)28(21)22/h5-15H,1-4H3. The molecule has 0 fully saturated rings. The van der Waals surface area contributed by atoms with Crippen LogP contribution < -0.4 is 0 Å². The third kappa shape index (κ3) is 2.78. The van der Waals surface area contributed by atoms with E-state index in [-0.39, 0.29) is 0 Å². The van der Waals surface area contributed by atoms with Crippen molar-refractivity contribution in [2.24, 2.45) is 0 Å². The predicted octanol–water partition coefficient (Wildman–Crippen LogP) is 8.26. The van der Waals surface area contributed by atoms with Gasteiger partial charge >= 0.3 is 0 Å². The van der Waals surface area contributed by atoms with Gasteiger partial charge in [-0.2, -0.15) is 0 Å². The van der Waals surface area contributed by atoms with Gasteiger partial charge in [0.25, 0.3) is 0 Å². The van der Waals surface area contributed by atoms with E-state index in [9.17, 15) is 8.78 Å².